The van der Waals surface area contributed by atoms with Crippen molar-refractivity contribution in [3.8, 4) is 5.82 Å². The van der Waals surface area contributed by atoms with Crippen LogP contribution in [0.15, 0.2) is 43.2 Å². The molecular weight excluding hydrogens is 228 g/mol. The number of aromatic nitrogens is 6. The predicted octanol–water partition coefficient (Wildman–Crippen LogP) is 1.69. The first-order valence-electron chi connectivity index (χ1n) is 5.50. The van der Waals surface area contributed by atoms with Gasteiger partial charge < -0.3 is 4.98 Å². The molecule has 3 heterocycles. The van der Waals surface area contributed by atoms with Gasteiger partial charge in [0.05, 0.1) is 17.4 Å². The number of benzene rings is 1. The summed E-state index contributed by atoms with van der Waals surface area (Å²) in [6.07, 6.45) is 4.88. The molecule has 0 aliphatic heterocycles. The fourth-order valence-corrected chi connectivity index (χ4v) is 2.06. The topological polar surface area (TPSA) is 72.3 Å². The number of H-pyrrole nitrogens is 1. The van der Waals surface area contributed by atoms with Crippen LogP contribution in [0.3, 0.4) is 0 Å². The van der Waals surface area contributed by atoms with E-state index in [-0.39, 0.29) is 0 Å². The molecule has 0 saturated heterocycles. The number of rotatable bonds is 1. The van der Waals surface area contributed by atoms with Crippen LogP contribution in [0.25, 0.3) is 28.0 Å². The third-order valence-electron chi connectivity index (χ3n) is 2.88. The summed E-state index contributed by atoms with van der Waals surface area (Å²) in [5.74, 6) is 0.756. The average Bonchev–Trinajstić information content (AvgIpc) is 3.05. The van der Waals surface area contributed by atoms with E-state index in [4.69, 9.17) is 0 Å². The van der Waals surface area contributed by atoms with Gasteiger partial charge in [0.25, 0.3) is 0 Å². The SMILES string of the molecule is c1ccc2c(c1)ncn2-c1ncnc2nc[nH]c12. The lowest BCUT2D eigenvalue weighted by molar-refractivity contribution is 1.01. The van der Waals surface area contributed by atoms with Crippen molar-refractivity contribution < 1.29 is 0 Å². The molecule has 3 aromatic heterocycles. The van der Waals surface area contributed by atoms with Crippen LogP contribution in [0.2, 0.25) is 0 Å². The molecular formula is C12H8N6. The Kier molecular flexibility index (Phi) is 1.74. The van der Waals surface area contributed by atoms with Crippen LogP contribution in [0.5, 0.6) is 0 Å². The summed E-state index contributed by atoms with van der Waals surface area (Å²) in [6, 6.07) is 7.92. The van der Waals surface area contributed by atoms with Crippen molar-refractivity contribution in [2.24, 2.45) is 0 Å². The quantitative estimate of drug-likeness (QED) is 0.546. The lowest BCUT2D eigenvalue weighted by Crippen LogP contribution is -1.98. The highest BCUT2D eigenvalue weighted by Crippen LogP contribution is 2.20. The summed E-state index contributed by atoms with van der Waals surface area (Å²) >= 11 is 0. The van der Waals surface area contributed by atoms with Gasteiger partial charge in [-0.15, -0.1) is 0 Å². The number of nitrogens with one attached hydrogen (secondary N) is 1. The van der Waals surface area contributed by atoms with Gasteiger partial charge in [-0.3, -0.25) is 4.57 Å². The van der Waals surface area contributed by atoms with Crippen molar-refractivity contribution in [2.45, 2.75) is 0 Å². The standard InChI is InChI=1S/C12H8N6/c1-2-4-9-8(3-1)17-7-18(9)12-10-11(14-5-13-10)15-6-16-12/h1-7H,(H,13,14,15,16). The summed E-state index contributed by atoms with van der Waals surface area (Å²) in [4.78, 5) is 20.0. The van der Waals surface area contributed by atoms with E-state index >= 15 is 0 Å². The van der Waals surface area contributed by atoms with Gasteiger partial charge >= 0.3 is 0 Å². The Morgan fingerprint density at radius 2 is 1.94 bits per heavy atom. The third kappa shape index (κ3) is 1.17. The predicted molar refractivity (Wildman–Crippen MR) is 66.3 cm³/mol. The normalized spacial score (nSPS) is 11.3. The minimum atomic E-state index is 0.651. The molecule has 6 nitrogen and oxygen atoms in total. The first-order valence-corrected chi connectivity index (χ1v) is 5.50. The van der Waals surface area contributed by atoms with Gasteiger partial charge in [-0.05, 0) is 12.1 Å². The first kappa shape index (κ1) is 9.29. The highest BCUT2D eigenvalue weighted by atomic mass is 15.1. The highest BCUT2D eigenvalue weighted by Gasteiger charge is 2.10. The number of hydrogen-bond donors (Lipinski definition) is 1. The highest BCUT2D eigenvalue weighted by molar-refractivity contribution is 5.83. The molecule has 4 aromatic rings. The van der Waals surface area contributed by atoms with Gasteiger partial charge in [-0.1, -0.05) is 12.1 Å². The second kappa shape index (κ2) is 3.36. The minimum Gasteiger partial charge on any atom is -0.340 e. The summed E-state index contributed by atoms with van der Waals surface area (Å²) in [6.45, 7) is 0. The van der Waals surface area contributed by atoms with Gasteiger partial charge in [0, 0.05) is 0 Å². The van der Waals surface area contributed by atoms with Gasteiger partial charge in [0.1, 0.15) is 18.2 Å². The maximum absolute atomic E-state index is 4.35. The van der Waals surface area contributed by atoms with Crippen molar-refractivity contribution in [3.63, 3.8) is 0 Å². The molecule has 1 aromatic carbocycles. The van der Waals surface area contributed by atoms with E-state index < -0.39 is 0 Å². The maximum Gasteiger partial charge on any atom is 0.182 e. The lowest BCUT2D eigenvalue weighted by Gasteiger charge is -2.03. The Labute approximate surface area is 101 Å². The summed E-state index contributed by atoms with van der Waals surface area (Å²) < 4.78 is 1.93. The van der Waals surface area contributed by atoms with E-state index in [2.05, 4.69) is 24.9 Å². The zero-order valence-corrected chi connectivity index (χ0v) is 9.28. The molecule has 4 rings (SSSR count). The van der Waals surface area contributed by atoms with E-state index in [0.29, 0.717) is 5.65 Å². The molecule has 0 fully saturated rings. The summed E-state index contributed by atoms with van der Waals surface area (Å²) in [5, 5.41) is 0. The second-order valence-corrected chi connectivity index (χ2v) is 3.90. The number of nitrogens with zero attached hydrogens (tertiary/aromatic N) is 5. The number of hydrogen-bond acceptors (Lipinski definition) is 4. The molecule has 6 heteroatoms. The van der Waals surface area contributed by atoms with Crippen LogP contribution in [-0.2, 0) is 0 Å². The Balaban J connectivity index is 2.10. The summed E-state index contributed by atoms with van der Waals surface area (Å²) in [7, 11) is 0. The fourth-order valence-electron chi connectivity index (χ4n) is 2.06. The Hall–Kier alpha value is -2.76. The zero-order valence-electron chi connectivity index (χ0n) is 9.28. The molecule has 0 amide bonds. The number of fused-ring (bicyclic) bond motifs is 2. The van der Waals surface area contributed by atoms with Gasteiger partial charge in [-0.25, -0.2) is 19.9 Å². The van der Waals surface area contributed by atoms with Crippen molar-refractivity contribution >= 4 is 22.2 Å². The van der Waals surface area contributed by atoms with Crippen LogP contribution in [0.4, 0.5) is 0 Å². The molecule has 0 spiro atoms. The van der Waals surface area contributed by atoms with Crippen molar-refractivity contribution in [1.29, 1.82) is 0 Å². The molecule has 0 aliphatic rings. The van der Waals surface area contributed by atoms with E-state index in [1.807, 2.05) is 28.8 Å². The van der Waals surface area contributed by atoms with Crippen LogP contribution in [-0.4, -0.2) is 29.5 Å². The van der Waals surface area contributed by atoms with Gasteiger partial charge in [0.15, 0.2) is 11.5 Å². The first-order chi connectivity index (χ1) is 8.93. The molecule has 0 unspecified atom stereocenters. The monoisotopic (exact) mass is 236 g/mol. The van der Waals surface area contributed by atoms with E-state index in [0.717, 1.165) is 22.4 Å². The fraction of sp³-hybridized carbons (Fsp3) is 0. The Morgan fingerprint density at radius 1 is 1.00 bits per heavy atom. The number of imidazole rings is 2. The van der Waals surface area contributed by atoms with Crippen LogP contribution >= 0.6 is 0 Å². The Bertz CT molecular complexity index is 844. The van der Waals surface area contributed by atoms with Crippen molar-refractivity contribution in [1.82, 2.24) is 29.5 Å². The zero-order chi connectivity index (χ0) is 11.9. The minimum absolute atomic E-state index is 0.651. The molecule has 0 aliphatic carbocycles. The second-order valence-electron chi connectivity index (χ2n) is 3.90. The molecule has 1 N–H and O–H groups in total. The Morgan fingerprint density at radius 3 is 2.94 bits per heavy atom. The smallest absolute Gasteiger partial charge is 0.182 e. The number of para-hydroxylation sites is 2. The largest absolute Gasteiger partial charge is 0.340 e. The lowest BCUT2D eigenvalue weighted by atomic mass is 10.3. The third-order valence-corrected chi connectivity index (χ3v) is 2.88. The van der Waals surface area contributed by atoms with Crippen LogP contribution < -0.4 is 0 Å². The van der Waals surface area contributed by atoms with E-state index in [1.54, 1.807) is 12.7 Å². The average molecular weight is 236 g/mol. The molecule has 18 heavy (non-hydrogen) atoms. The molecule has 86 valence electrons. The molecule has 0 radical (unpaired) electrons. The molecule has 0 saturated carbocycles. The maximum atomic E-state index is 4.35. The van der Waals surface area contributed by atoms with Crippen LogP contribution in [0.1, 0.15) is 0 Å². The molecule has 0 bridgehead atoms. The van der Waals surface area contributed by atoms with E-state index in [1.165, 1.54) is 6.33 Å². The van der Waals surface area contributed by atoms with Crippen molar-refractivity contribution in [2.75, 3.05) is 0 Å². The van der Waals surface area contributed by atoms with Crippen LogP contribution in [0, 0.1) is 0 Å². The summed E-state index contributed by atoms with van der Waals surface area (Å²) in [5.41, 5.74) is 3.40. The molecule has 0 atom stereocenters. The number of aromatic amines is 1. The van der Waals surface area contributed by atoms with Gasteiger partial charge in [0.2, 0.25) is 0 Å². The van der Waals surface area contributed by atoms with Gasteiger partial charge in [-0.2, -0.15) is 0 Å². The van der Waals surface area contributed by atoms with Crippen molar-refractivity contribution in [3.05, 3.63) is 43.2 Å². The van der Waals surface area contributed by atoms with E-state index in [9.17, 15) is 0 Å².